The Hall–Kier alpha value is -0.300. The number of allylic oxidation sites excluding steroid dienone is 1. The molecule has 1 aliphatic rings. The van der Waals surface area contributed by atoms with Gasteiger partial charge in [-0.3, -0.25) is 0 Å². The van der Waals surface area contributed by atoms with E-state index in [1.165, 1.54) is 25.7 Å². The highest BCUT2D eigenvalue weighted by atomic mass is 15.1. The molecule has 0 spiro atoms. The Bertz CT molecular complexity index is 187. The van der Waals surface area contributed by atoms with Crippen molar-refractivity contribution in [1.82, 2.24) is 5.32 Å². The molecule has 1 nitrogen and oxygen atoms in total. The summed E-state index contributed by atoms with van der Waals surface area (Å²) in [6, 6.07) is 0.756. The van der Waals surface area contributed by atoms with Crippen LogP contribution in [0.5, 0.6) is 0 Å². The van der Waals surface area contributed by atoms with Gasteiger partial charge < -0.3 is 5.32 Å². The summed E-state index contributed by atoms with van der Waals surface area (Å²) in [7, 11) is 0. The smallest absolute Gasteiger partial charge is 0.0352 e. The van der Waals surface area contributed by atoms with Crippen molar-refractivity contribution in [3.05, 3.63) is 12.2 Å². The van der Waals surface area contributed by atoms with E-state index in [0.29, 0.717) is 5.54 Å². The van der Waals surface area contributed by atoms with E-state index in [4.69, 9.17) is 0 Å². The molecule has 0 aromatic carbocycles. The summed E-state index contributed by atoms with van der Waals surface area (Å²) in [4.78, 5) is 0. The van der Waals surface area contributed by atoms with Gasteiger partial charge in [0.2, 0.25) is 0 Å². The molecule has 0 aliphatic carbocycles. The maximum absolute atomic E-state index is 3.66. The number of unbranched alkanes of at least 4 members (excludes halogenated alkanes) is 1. The fraction of sp³-hybridized carbons (Fsp3) is 0.846. The van der Waals surface area contributed by atoms with Crippen LogP contribution in [0.25, 0.3) is 0 Å². The first-order valence-corrected chi connectivity index (χ1v) is 6.01. The van der Waals surface area contributed by atoms with Crippen LogP contribution in [0.4, 0.5) is 0 Å². The lowest BCUT2D eigenvalue weighted by Gasteiger charge is -2.46. The minimum atomic E-state index is 0.300. The highest BCUT2D eigenvalue weighted by Crippen LogP contribution is 2.29. The molecule has 2 unspecified atom stereocenters. The van der Waals surface area contributed by atoms with Gasteiger partial charge in [-0.05, 0) is 32.1 Å². The molecule has 82 valence electrons. The average molecular weight is 195 g/mol. The van der Waals surface area contributed by atoms with E-state index in [1.54, 1.807) is 0 Å². The highest BCUT2D eigenvalue weighted by molar-refractivity contribution is 5.13. The van der Waals surface area contributed by atoms with Crippen molar-refractivity contribution >= 4 is 0 Å². The van der Waals surface area contributed by atoms with Crippen molar-refractivity contribution in [3.63, 3.8) is 0 Å². The Morgan fingerprint density at radius 3 is 2.64 bits per heavy atom. The number of rotatable bonds is 5. The predicted molar refractivity (Wildman–Crippen MR) is 63.4 cm³/mol. The van der Waals surface area contributed by atoms with Crippen molar-refractivity contribution in [2.45, 2.75) is 65.0 Å². The zero-order valence-corrected chi connectivity index (χ0v) is 10.1. The Morgan fingerprint density at radius 2 is 2.14 bits per heavy atom. The highest BCUT2D eigenvalue weighted by Gasteiger charge is 2.36. The molecule has 14 heavy (non-hydrogen) atoms. The maximum atomic E-state index is 3.66. The van der Waals surface area contributed by atoms with Crippen LogP contribution < -0.4 is 5.32 Å². The van der Waals surface area contributed by atoms with Gasteiger partial charge in [-0.1, -0.05) is 39.3 Å². The fourth-order valence-corrected chi connectivity index (χ4v) is 2.29. The SMILES string of the molecule is CCCC=CC1(C)CC(CC(C)C)N1. The van der Waals surface area contributed by atoms with Crippen molar-refractivity contribution < 1.29 is 0 Å². The summed E-state index contributed by atoms with van der Waals surface area (Å²) >= 11 is 0. The number of hydrogen-bond donors (Lipinski definition) is 1. The molecule has 2 atom stereocenters. The van der Waals surface area contributed by atoms with E-state index >= 15 is 0 Å². The van der Waals surface area contributed by atoms with Crippen LogP contribution in [0.2, 0.25) is 0 Å². The second-order valence-electron chi connectivity index (χ2n) is 5.28. The largest absolute Gasteiger partial charge is 0.305 e. The van der Waals surface area contributed by atoms with Gasteiger partial charge in [-0.25, -0.2) is 0 Å². The van der Waals surface area contributed by atoms with Gasteiger partial charge in [0.15, 0.2) is 0 Å². The van der Waals surface area contributed by atoms with Crippen LogP contribution in [0, 0.1) is 5.92 Å². The average Bonchev–Trinajstić information content (AvgIpc) is 2.01. The molecule has 0 aromatic heterocycles. The van der Waals surface area contributed by atoms with Gasteiger partial charge in [0.25, 0.3) is 0 Å². The quantitative estimate of drug-likeness (QED) is 0.662. The van der Waals surface area contributed by atoms with Gasteiger partial charge in [0.1, 0.15) is 0 Å². The van der Waals surface area contributed by atoms with Crippen molar-refractivity contribution in [2.24, 2.45) is 5.92 Å². The monoisotopic (exact) mass is 195 g/mol. The summed E-state index contributed by atoms with van der Waals surface area (Å²) in [5.74, 6) is 0.816. The maximum Gasteiger partial charge on any atom is 0.0352 e. The first kappa shape index (κ1) is 11.8. The van der Waals surface area contributed by atoms with E-state index < -0.39 is 0 Å². The summed E-state index contributed by atoms with van der Waals surface area (Å²) in [5.41, 5.74) is 0.300. The molecule has 1 saturated heterocycles. The molecular weight excluding hydrogens is 170 g/mol. The van der Waals surface area contributed by atoms with Gasteiger partial charge in [-0.15, -0.1) is 0 Å². The Kier molecular flexibility index (Phi) is 4.18. The minimum absolute atomic E-state index is 0.300. The van der Waals surface area contributed by atoms with Crippen LogP contribution in [-0.4, -0.2) is 11.6 Å². The predicted octanol–water partition coefficient (Wildman–Crippen LogP) is 3.51. The standard InChI is InChI=1S/C13H25N/c1-5-6-7-8-13(4)10-12(14-13)9-11(2)3/h7-8,11-12,14H,5-6,9-10H2,1-4H3. The van der Waals surface area contributed by atoms with Crippen LogP contribution in [-0.2, 0) is 0 Å². The van der Waals surface area contributed by atoms with Crippen molar-refractivity contribution in [1.29, 1.82) is 0 Å². The van der Waals surface area contributed by atoms with Crippen LogP contribution in [0.3, 0.4) is 0 Å². The molecule has 0 amide bonds. The molecule has 0 radical (unpaired) electrons. The molecule has 1 heteroatoms. The number of hydrogen-bond acceptors (Lipinski definition) is 1. The topological polar surface area (TPSA) is 12.0 Å². The van der Waals surface area contributed by atoms with Gasteiger partial charge in [0, 0.05) is 11.6 Å². The Balaban J connectivity index is 2.23. The van der Waals surface area contributed by atoms with E-state index in [2.05, 4.69) is 45.2 Å². The zero-order valence-electron chi connectivity index (χ0n) is 10.1. The lowest BCUT2D eigenvalue weighted by molar-refractivity contribution is 0.181. The molecule has 1 rings (SSSR count). The van der Waals surface area contributed by atoms with E-state index in [9.17, 15) is 0 Å². The fourth-order valence-electron chi connectivity index (χ4n) is 2.29. The molecular formula is C13H25N. The van der Waals surface area contributed by atoms with Crippen LogP contribution in [0.15, 0.2) is 12.2 Å². The molecule has 1 heterocycles. The van der Waals surface area contributed by atoms with E-state index in [1.807, 2.05) is 0 Å². The molecule has 1 fully saturated rings. The third-order valence-corrected chi connectivity index (χ3v) is 2.90. The summed E-state index contributed by atoms with van der Waals surface area (Å²) in [6.07, 6.45) is 9.77. The van der Waals surface area contributed by atoms with E-state index in [-0.39, 0.29) is 0 Å². The molecule has 1 N–H and O–H groups in total. The Labute approximate surface area is 89.0 Å². The van der Waals surface area contributed by atoms with Crippen molar-refractivity contribution in [2.75, 3.05) is 0 Å². The van der Waals surface area contributed by atoms with Crippen LogP contribution >= 0.6 is 0 Å². The van der Waals surface area contributed by atoms with Gasteiger partial charge in [-0.2, -0.15) is 0 Å². The molecule has 0 bridgehead atoms. The van der Waals surface area contributed by atoms with Crippen molar-refractivity contribution in [3.8, 4) is 0 Å². The molecule has 0 saturated carbocycles. The van der Waals surface area contributed by atoms with E-state index in [0.717, 1.165) is 12.0 Å². The lowest BCUT2D eigenvalue weighted by Crippen LogP contribution is -2.60. The number of nitrogens with one attached hydrogen (secondary N) is 1. The molecule has 1 aliphatic heterocycles. The Morgan fingerprint density at radius 1 is 1.50 bits per heavy atom. The lowest BCUT2D eigenvalue weighted by atomic mass is 9.79. The third kappa shape index (κ3) is 3.45. The zero-order chi connectivity index (χ0) is 10.6. The first-order valence-electron chi connectivity index (χ1n) is 6.01. The second-order valence-corrected chi connectivity index (χ2v) is 5.28. The van der Waals surface area contributed by atoms with Gasteiger partial charge >= 0.3 is 0 Å². The second kappa shape index (κ2) is 4.97. The third-order valence-electron chi connectivity index (χ3n) is 2.90. The van der Waals surface area contributed by atoms with Crippen LogP contribution in [0.1, 0.15) is 53.4 Å². The summed E-state index contributed by atoms with van der Waals surface area (Å²) in [5, 5.41) is 3.66. The van der Waals surface area contributed by atoms with Gasteiger partial charge in [0.05, 0.1) is 0 Å². The summed E-state index contributed by atoms with van der Waals surface area (Å²) < 4.78 is 0. The minimum Gasteiger partial charge on any atom is -0.305 e. The summed E-state index contributed by atoms with van der Waals surface area (Å²) in [6.45, 7) is 9.12. The molecule has 0 aromatic rings. The first-order chi connectivity index (χ1) is 6.56. The normalized spacial score (nSPS) is 32.5.